The lowest BCUT2D eigenvalue weighted by Gasteiger charge is -2.18. The van der Waals surface area contributed by atoms with Gasteiger partial charge >= 0.3 is 0 Å². The van der Waals surface area contributed by atoms with Gasteiger partial charge in [0.2, 0.25) is 0 Å². The molecule has 0 aliphatic carbocycles. The Hall–Kier alpha value is -7.28. The van der Waals surface area contributed by atoms with E-state index in [2.05, 4.69) is 218 Å². The summed E-state index contributed by atoms with van der Waals surface area (Å²) in [5.74, 6) is 0. The summed E-state index contributed by atoms with van der Waals surface area (Å²) in [6.07, 6.45) is 0. The molecule has 0 heteroatoms. The van der Waals surface area contributed by atoms with Gasteiger partial charge in [0.25, 0.3) is 0 Å². The Balaban J connectivity index is 0.991. The Bertz CT molecular complexity index is 3230. The quantitative estimate of drug-likeness (QED) is 0.156. The largest absolute Gasteiger partial charge is 0.0616 e. The number of rotatable bonds is 5. The van der Waals surface area contributed by atoms with Gasteiger partial charge in [-0.05, 0) is 134 Å². The molecule has 11 aromatic carbocycles. The zero-order chi connectivity index (χ0) is 37.0. The van der Waals surface area contributed by atoms with Gasteiger partial charge in [-0.3, -0.25) is 0 Å². The monoisotopic (exact) mass is 708 g/mol. The van der Waals surface area contributed by atoms with E-state index < -0.39 is 0 Å². The first-order chi connectivity index (χ1) is 27.7. The third-order valence-corrected chi connectivity index (χ3v) is 11.6. The normalized spacial score (nSPS) is 11.6. The zero-order valence-electron chi connectivity index (χ0n) is 30.8. The molecule has 11 rings (SSSR count). The molecule has 0 aliphatic heterocycles. The fourth-order valence-electron chi connectivity index (χ4n) is 8.87. The molecular weight excluding hydrogens is 673 g/mol. The van der Waals surface area contributed by atoms with Gasteiger partial charge in [0.15, 0.2) is 0 Å². The van der Waals surface area contributed by atoms with Crippen LogP contribution < -0.4 is 0 Å². The van der Waals surface area contributed by atoms with Crippen molar-refractivity contribution in [3.63, 3.8) is 0 Å². The Morgan fingerprint density at radius 2 is 0.554 bits per heavy atom. The molecule has 0 unspecified atom stereocenters. The second kappa shape index (κ2) is 13.2. The summed E-state index contributed by atoms with van der Waals surface area (Å²) in [6.45, 7) is 0. The number of hydrogen-bond acceptors (Lipinski definition) is 0. The molecular formula is C56H36. The van der Waals surface area contributed by atoms with E-state index >= 15 is 0 Å². The minimum atomic E-state index is 1.22. The van der Waals surface area contributed by atoms with Crippen molar-refractivity contribution in [3.8, 4) is 55.6 Å². The highest BCUT2D eigenvalue weighted by Gasteiger charge is 2.17. The van der Waals surface area contributed by atoms with Crippen LogP contribution in [0.15, 0.2) is 218 Å². The molecule has 56 heavy (non-hydrogen) atoms. The minimum Gasteiger partial charge on any atom is -0.0616 e. The summed E-state index contributed by atoms with van der Waals surface area (Å²) in [5.41, 5.74) is 12.4. The highest BCUT2D eigenvalue weighted by atomic mass is 14.2. The lowest BCUT2D eigenvalue weighted by Crippen LogP contribution is -1.91. The van der Waals surface area contributed by atoms with Crippen molar-refractivity contribution in [2.75, 3.05) is 0 Å². The van der Waals surface area contributed by atoms with Crippen LogP contribution in [-0.2, 0) is 0 Å². The maximum atomic E-state index is 2.37. The van der Waals surface area contributed by atoms with Crippen molar-refractivity contribution in [3.05, 3.63) is 218 Å². The summed E-state index contributed by atoms with van der Waals surface area (Å²) >= 11 is 0. The van der Waals surface area contributed by atoms with Gasteiger partial charge in [-0.25, -0.2) is 0 Å². The summed E-state index contributed by atoms with van der Waals surface area (Å²) in [6, 6.07) is 80.3. The van der Waals surface area contributed by atoms with E-state index in [0.29, 0.717) is 0 Å². The van der Waals surface area contributed by atoms with Crippen molar-refractivity contribution in [2.24, 2.45) is 0 Å². The average molecular weight is 709 g/mol. The predicted molar refractivity (Wildman–Crippen MR) is 241 cm³/mol. The van der Waals surface area contributed by atoms with Gasteiger partial charge in [0, 0.05) is 0 Å². The van der Waals surface area contributed by atoms with E-state index in [-0.39, 0.29) is 0 Å². The van der Waals surface area contributed by atoms with Crippen molar-refractivity contribution in [1.29, 1.82) is 0 Å². The highest BCUT2D eigenvalue weighted by Crippen LogP contribution is 2.45. The molecule has 0 spiro atoms. The molecule has 0 aliphatic rings. The number of hydrogen-bond donors (Lipinski definition) is 0. The Kier molecular flexibility index (Phi) is 7.60. The minimum absolute atomic E-state index is 1.22. The third-order valence-electron chi connectivity index (χ3n) is 11.6. The molecule has 0 radical (unpaired) electrons. The van der Waals surface area contributed by atoms with Gasteiger partial charge in [-0.15, -0.1) is 0 Å². The fraction of sp³-hybridized carbons (Fsp3) is 0. The second-order valence-corrected chi connectivity index (χ2v) is 14.9. The van der Waals surface area contributed by atoms with Gasteiger partial charge in [-0.1, -0.05) is 194 Å². The van der Waals surface area contributed by atoms with Crippen molar-refractivity contribution in [2.45, 2.75) is 0 Å². The average Bonchev–Trinajstić information content (AvgIpc) is 3.27. The van der Waals surface area contributed by atoms with Crippen LogP contribution in [0.2, 0.25) is 0 Å². The molecule has 0 amide bonds. The topological polar surface area (TPSA) is 0 Å². The van der Waals surface area contributed by atoms with Gasteiger partial charge in [0.1, 0.15) is 0 Å². The Morgan fingerprint density at radius 1 is 0.179 bits per heavy atom. The lowest BCUT2D eigenvalue weighted by molar-refractivity contribution is 1.62. The SMILES string of the molecule is c1cc(-c2ccc3ccccc3c2)cc(-c2c3ccccc3c(-c3ccc4cc(-c5ccc(-c6cccc7ccccc67)cc5)ccc4c3)c3ccccc23)c1. The van der Waals surface area contributed by atoms with Crippen LogP contribution in [0.1, 0.15) is 0 Å². The van der Waals surface area contributed by atoms with Crippen LogP contribution in [0.3, 0.4) is 0 Å². The molecule has 0 heterocycles. The fourth-order valence-corrected chi connectivity index (χ4v) is 8.87. The highest BCUT2D eigenvalue weighted by molar-refractivity contribution is 6.22. The van der Waals surface area contributed by atoms with E-state index in [0.717, 1.165) is 0 Å². The maximum Gasteiger partial charge on any atom is -0.00262 e. The van der Waals surface area contributed by atoms with Crippen LogP contribution in [0.5, 0.6) is 0 Å². The van der Waals surface area contributed by atoms with Crippen LogP contribution >= 0.6 is 0 Å². The predicted octanol–water partition coefficient (Wildman–Crippen LogP) is 15.8. The van der Waals surface area contributed by atoms with Gasteiger partial charge < -0.3 is 0 Å². The van der Waals surface area contributed by atoms with E-state index in [9.17, 15) is 0 Å². The van der Waals surface area contributed by atoms with E-state index in [1.807, 2.05) is 0 Å². The summed E-state index contributed by atoms with van der Waals surface area (Å²) < 4.78 is 0. The molecule has 0 N–H and O–H groups in total. The maximum absolute atomic E-state index is 2.37. The summed E-state index contributed by atoms with van der Waals surface area (Å²) in [4.78, 5) is 0. The first-order valence-electron chi connectivity index (χ1n) is 19.4. The van der Waals surface area contributed by atoms with Crippen LogP contribution in [0.4, 0.5) is 0 Å². The van der Waals surface area contributed by atoms with E-state index in [4.69, 9.17) is 0 Å². The lowest BCUT2D eigenvalue weighted by atomic mass is 9.85. The van der Waals surface area contributed by atoms with Crippen molar-refractivity contribution < 1.29 is 0 Å². The zero-order valence-corrected chi connectivity index (χ0v) is 30.8. The van der Waals surface area contributed by atoms with Gasteiger partial charge in [0.05, 0.1) is 0 Å². The van der Waals surface area contributed by atoms with Crippen LogP contribution in [-0.4, -0.2) is 0 Å². The number of fused-ring (bicyclic) bond motifs is 5. The smallest absolute Gasteiger partial charge is 0.00262 e. The molecule has 11 aromatic rings. The summed E-state index contributed by atoms with van der Waals surface area (Å²) in [7, 11) is 0. The molecule has 0 fully saturated rings. The summed E-state index contributed by atoms with van der Waals surface area (Å²) in [5, 5.41) is 12.6. The van der Waals surface area contributed by atoms with E-state index in [1.54, 1.807) is 0 Å². The third kappa shape index (κ3) is 5.46. The first-order valence-corrected chi connectivity index (χ1v) is 19.4. The molecule has 0 nitrogen and oxygen atoms in total. The van der Waals surface area contributed by atoms with Gasteiger partial charge in [-0.2, -0.15) is 0 Å². The number of benzene rings is 11. The Labute approximate surface area is 326 Å². The first kappa shape index (κ1) is 32.2. The van der Waals surface area contributed by atoms with Crippen molar-refractivity contribution in [1.82, 2.24) is 0 Å². The molecule has 0 bridgehead atoms. The van der Waals surface area contributed by atoms with Crippen LogP contribution in [0, 0.1) is 0 Å². The Morgan fingerprint density at radius 3 is 1.21 bits per heavy atom. The van der Waals surface area contributed by atoms with E-state index in [1.165, 1.54) is 109 Å². The van der Waals surface area contributed by atoms with Crippen LogP contribution in [0.25, 0.3) is 109 Å². The molecule has 0 saturated heterocycles. The molecule has 0 aromatic heterocycles. The molecule has 0 atom stereocenters. The molecule has 260 valence electrons. The molecule has 0 saturated carbocycles. The second-order valence-electron chi connectivity index (χ2n) is 14.9. The van der Waals surface area contributed by atoms with Crippen molar-refractivity contribution >= 4 is 53.9 Å². The standard InChI is InChI=1S/C56H36/c1-2-13-41-33-44(28-25-37(41)11-1)42-15-9-16-47(35-42)55-51-18-5-7-20-53(51)56(54-21-8-6-19-52(54)55)48-32-31-45-34-43(29-30-46(45)36-48)38-23-26-40(27-24-38)50-22-10-14-39-12-3-4-17-49(39)50/h1-36H.